The normalized spacial score (nSPS) is 24.3. The predicted octanol–water partition coefficient (Wildman–Crippen LogP) is 0.572. The van der Waals surface area contributed by atoms with Crippen molar-refractivity contribution in [1.29, 1.82) is 0 Å². The maximum atomic E-state index is 12.5. The van der Waals surface area contributed by atoms with Crippen LogP contribution in [0, 0.1) is 5.41 Å². The molecule has 1 saturated carbocycles. The molecule has 128 valence electrons. The third-order valence-corrected chi connectivity index (χ3v) is 7.34. The number of ether oxygens (including phenoxy) is 1. The minimum absolute atomic E-state index is 0.00581. The average molecular weight is 360 g/mol. The van der Waals surface area contributed by atoms with E-state index in [4.69, 9.17) is 9.88 Å². The first-order valence-corrected chi connectivity index (χ1v) is 10.5. The fraction of sp³-hybridized carbons (Fsp3) is 0.571. The Morgan fingerprint density at radius 3 is 2.04 bits per heavy atom. The van der Waals surface area contributed by atoms with Crippen LogP contribution in [-0.4, -0.2) is 36.1 Å². The lowest BCUT2D eigenvalue weighted by atomic mass is 9.60. The van der Waals surface area contributed by atoms with Crippen LogP contribution in [0.2, 0.25) is 0 Å². The molecule has 2 aliphatic rings. The predicted molar refractivity (Wildman–Crippen MR) is 83.6 cm³/mol. The molecular weight excluding hydrogens is 340 g/mol. The van der Waals surface area contributed by atoms with E-state index in [2.05, 4.69) is 4.72 Å². The van der Waals surface area contributed by atoms with Crippen LogP contribution in [0.5, 0.6) is 0 Å². The summed E-state index contributed by atoms with van der Waals surface area (Å²) in [6, 6.07) is 4.84. The lowest BCUT2D eigenvalue weighted by Gasteiger charge is -2.51. The van der Waals surface area contributed by atoms with Crippen molar-refractivity contribution in [3.05, 3.63) is 24.3 Å². The Balaban J connectivity index is 1.77. The topological polar surface area (TPSA) is 116 Å². The molecule has 1 aromatic carbocycles. The van der Waals surface area contributed by atoms with E-state index in [0.717, 1.165) is 25.7 Å². The van der Waals surface area contributed by atoms with E-state index < -0.39 is 20.0 Å². The Morgan fingerprint density at radius 1 is 1.00 bits per heavy atom. The number of rotatable bonds is 4. The molecular formula is C14H20N2O5S2. The fourth-order valence-corrected chi connectivity index (χ4v) is 5.21. The minimum Gasteiger partial charge on any atom is -0.381 e. The molecule has 3 N–H and O–H groups in total. The summed E-state index contributed by atoms with van der Waals surface area (Å²) in [5.74, 6) is 0. The van der Waals surface area contributed by atoms with E-state index in [1.54, 1.807) is 0 Å². The van der Waals surface area contributed by atoms with Gasteiger partial charge in [0.25, 0.3) is 0 Å². The highest BCUT2D eigenvalue weighted by Crippen LogP contribution is 2.49. The second kappa shape index (κ2) is 5.82. The van der Waals surface area contributed by atoms with Crippen LogP contribution in [0.4, 0.5) is 0 Å². The molecule has 7 nitrogen and oxygen atoms in total. The van der Waals surface area contributed by atoms with Crippen molar-refractivity contribution in [2.24, 2.45) is 10.6 Å². The molecule has 0 aromatic heterocycles. The lowest BCUT2D eigenvalue weighted by Crippen LogP contribution is -2.57. The molecule has 1 aromatic rings. The van der Waals surface area contributed by atoms with E-state index in [9.17, 15) is 16.8 Å². The van der Waals surface area contributed by atoms with Crippen molar-refractivity contribution in [3.63, 3.8) is 0 Å². The number of hydrogen-bond acceptors (Lipinski definition) is 5. The van der Waals surface area contributed by atoms with Crippen molar-refractivity contribution in [2.75, 3.05) is 13.2 Å². The van der Waals surface area contributed by atoms with Gasteiger partial charge in [-0.25, -0.2) is 26.7 Å². The van der Waals surface area contributed by atoms with Gasteiger partial charge in [-0.3, -0.25) is 0 Å². The molecule has 1 unspecified atom stereocenters. The maximum Gasteiger partial charge on any atom is 0.240 e. The Kier molecular flexibility index (Phi) is 4.26. The highest BCUT2D eigenvalue weighted by molar-refractivity contribution is 7.89. The molecule has 0 amide bonds. The van der Waals surface area contributed by atoms with Crippen LogP contribution >= 0.6 is 0 Å². The number of benzene rings is 1. The zero-order valence-corrected chi connectivity index (χ0v) is 14.2. The molecule has 1 aliphatic carbocycles. The Labute approximate surface area is 136 Å². The van der Waals surface area contributed by atoms with Gasteiger partial charge in [-0.15, -0.1) is 0 Å². The second-order valence-corrected chi connectivity index (χ2v) is 9.48. The number of hydrogen-bond donors (Lipinski definition) is 2. The Morgan fingerprint density at radius 2 is 1.57 bits per heavy atom. The van der Waals surface area contributed by atoms with Gasteiger partial charge < -0.3 is 4.74 Å². The van der Waals surface area contributed by atoms with Gasteiger partial charge in [0.15, 0.2) is 0 Å². The van der Waals surface area contributed by atoms with Gasteiger partial charge in [-0.1, -0.05) is 0 Å². The maximum absolute atomic E-state index is 12.5. The van der Waals surface area contributed by atoms with E-state index >= 15 is 0 Å². The first-order chi connectivity index (χ1) is 10.7. The van der Waals surface area contributed by atoms with Crippen molar-refractivity contribution < 1.29 is 21.6 Å². The van der Waals surface area contributed by atoms with Crippen molar-refractivity contribution in [1.82, 2.24) is 4.72 Å². The van der Waals surface area contributed by atoms with Crippen LogP contribution in [-0.2, 0) is 24.8 Å². The molecule has 1 heterocycles. The number of primary sulfonamides is 1. The quantitative estimate of drug-likeness (QED) is 0.814. The largest absolute Gasteiger partial charge is 0.381 e. The monoisotopic (exact) mass is 360 g/mol. The van der Waals surface area contributed by atoms with E-state index in [0.29, 0.717) is 13.2 Å². The van der Waals surface area contributed by atoms with E-state index in [1.807, 2.05) is 0 Å². The molecule has 0 bridgehead atoms. The van der Waals surface area contributed by atoms with Gasteiger partial charge in [-0.05, 0) is 55.4 Å². The Bertz CT molecular complexity index is 781. The molecule has 3 rings (SSSR count). The molecule has 2 fully saturated rings. The third kappa shape index (κ3) is 3.29. The first-order valence-electron chi connectivity index (χ1n) is 7.46. The highest BCUT2D eigenvalue weighted by atomic mass is 32.2. The molecule has 1 aliphatic heterocycles. The number of sulfonamides is 2. The van der Waals surface area contributed by atoms with Crippen LogP contribution in [0.15, 0.2) is 34.1 Å². The first kappa shape index (κ1) is 16.8. The summed E-state index contributed by atoms with van der Waals surface area (Å²) >= 11 is 0. The van der Waals surface area contributed by atoms with Gasteiger partial charge in [0.2, 0.25) is 20.0 Å². The summed E-state index contributed by atoms with van der Waals surface area (Å²) in [5, 5.41) is 5.02. The molecule has 23 heavy (non-hydrogen) atoms. The van der Waals surface area contributed by atoms with Crippen molar-refractivity contribution in [2.45, 2.75) is 41.5 Å². The van der Waals surface area contributed by atoms with Crippen LogP contribution in [0.1, 0.15) is 25.7 Å². The summed E-state index contributed by atoms with van der Waals surface area (Å²) in [7, 11) is -7.52. The number of nitrogens with two attached hydrogens (primary N) is 1. The average Bonchev–Trinajstić information content (AvgIpc) is 2.52. The van der Waals surface area contributed by atoms with Crippen LogP contribution < -0.4 is 9.86 Å². The number of nitrogens with one attached hydrogen (secondary N) is 1. The zero-order chi connectivity index (χ0) is 16.7. The molecule has 0 radical (unpaired) electrons. The molecule has 1 atom stereocenters. The van der Waals surface area contributed by atoms with Crippen molar-refractivity contribution in [3.8, 4) is 0 Å². The zero-order valence-electron chi connectivity index (χ0n) is 12.6. The highest BCUT2D eigenvalue weighted by Gasteiger charge is 2.48. The second-order valence-electron chi connectivity index (χ2n) is 6.20. The van der Waals surface area contributed by atoms with E-state index in [1.165, 1.54) is 24.3 Å². The smallest absolute Gasteiger partial charge is 0.240 e. The summed E-state index contributed by atoms with van der Waals surface area (Å²) < 4.78 is 55.6. The van der Waals surface area contributed by atoms with Crippen LogP contribution in [0.3, 0.4) is 0 Å². The summed E-state index contributed by atoms with van der Waals surface area (Å²) in [6.07, 6.45) is 3.55. The molecule has 1 spiro atoms. The van der Waals surface area contributed by atoms with Gasteiger partial charge in [0, 0.05) is 19.3 Å². The SMILES string of the molecule is NS(=O)(=O)c1ccc(S(=O)(=O)NC2CCC23CCOCC3)cc1. The van der Waals surface area contributed by atoms with Gasteiger partial charge >= 0.3 is 0 Å². The third-order valence-electron chi connectivity index (χ3n) is 4.92. The molecule has 9 heteroatoms. The summed E-state index contributed by atoms with van der Waals surface area (Å²) in [4.78, 5) is -0.0694. The van der Waals surface area contributed by atoms with Gasteiger partial charge in [-0.2, -0.15) is 0 Å². The summed E-state index contributed by atoms with van der Waals surface area (Å²) in [5.41, 5.74) is 0.00581. The van der Waals surface area contributed by atoms with Gasteiger partial charge in [0.1, 0.15) is 0 Å². The van der Waals surface area contributed by atoms with Crippen LogP contribution in [0.25, 0.3) is 0 Å². The lowest BCUT2D eigenvalue weighted by molar-refractivity contribution is -0.0483. The van der Waals surface area contributed by atoms with Gasteiger partial charge in [0.05, 0.1) is 9.79 Å². The van der Waals surface area contributed by atoms with E-state index in [-0.39, 0.29) is 21.2 Å². The standard InChI is InChI=1S/C14H20N2O5S2/c15-22(17,18)11-1-3-12(4-2-11)23(19,20)16-13-5-6-14(13)7-9-21-10-8-14/h1-4,13,16H,5-10H2,(H2,15,17,18). The minimum atomic E-state index is -3.83. The molecule has 1 saturated heterocycles. The van der Waals surface area contributed by atoms with Crippen molar-refractivity contribution >= 4 is 20.0 Å². The Hall–Kier alpha value is -1.00. The summed E-state index contributed by atoms with van der Waals surface area (Å²) in [6.45, 7) is 1.34. The fourth-order valence-electron chi connectivity index (χ4n) is 3.32.